The van der Waals surface area contributed by atoms with E-state index in [0.29, 0.717) is 17.6 Å². The van der Waals surface area contributed by atoms with E-state index >= 15 is 0 Å². The molecule has 0 radical (unpaired) electrons. The smallest absolute Gasteiger partial charge is 0.343 e. The van der Waals surface area contributed by atoms with Crippen molar-refractivity contribution in [2.24, 2.45) is 0 Å². The van der Waals surface area contributed by atoms with E-state index in [9.17, 15) is 24.8 Å². The number of aromatic hydroxyl groups is 1. The maximum absolute atomic E-state index is 12.6. The second-order valence-electron chi connectivity index (χ2n) is 7.22. The monoisotopic (exact) mass is 441 g/mol. The molecule has 0 amide bonds. The van der Waals surface area contributed by atoms with Gasteiger partial charge in [-0.2, -0.15) is 0 Å². The van der Waals surface area contributed by atoms with Crippen LogP contribution < -0.4 is 5.63 Å². The van der Waals surface area contributed by atoms with Gasteiger partial charge in [-0.3, -0.25) is 14.9 Å². The highest BCUT2D eigenvalue weighted by Gasteiger charge is 2.27. The Balaban J connectivity index is 0.000000654. The number of aliphatic hydroxyl groups is 1. The zero-order valence-electron chi connectivity index (χ0n) is 18.1. The van der Waals surface area contributed by atoms with E-state index in [1.807, 2.05) is 0 Å². The van der Waals surface area contributed by atoms with Gasteiger partial charge in [0.1, 0.15) is 17.1 Å². The number of rotatable bonds is 8. The molecule has 1 atom stereocenters. The summed E-state index contributed by atoms with van der Waals surface area (Å²) in [7, 11) is 0. The second-order valence-corrected chi connectivity index (χ2v) is 7.22. The molecule has 2 N–H and O–H groups in total. The van der Waals surface area contributed by atoms with Gasteiger partial charge in [0.15, 0.2) is 0 Å². The molecule has 1 heterocycles. The van der Waals surface area contributed by atoms with Crippen LogP contribution in [0.15, 0.2) is 57.7 Å². The Labute approximate surface area is 185 Å². The number of benzene rings is 2. The molecule has 0 saturated carbocycles. The number of carbonyl (C=O) groups is 1. The van der Waals surface area contributed by atoms with Gasteiger partial charge in [0.2, 0.25) is 0 Å². The predicted molar refractivity (Wildman–Crippen MR) is 121 cm³/mol. The molecule has 2 aromatic carbocycles. The van der Waals surface area contributed by atoms with Crippen molar-refractivity contribution in [1.82, 2.24) is 0 Å². The quantitative estimate of drug-likeness (QED) is 0.294. The fourth-order valence-corrected chi connectivity index (χ4v) is 3.20. The summed E-state index contributed by atoms with van der Waals surface area (Å²) in [5.41, 5.74) is -0.106. The van der Waals surface area contributed by atoms with Gasteiger partial charge in [0.05, 0.1) is 15.9 Å². The fourth-order valence-electron chi connectivity index (χ4n) is 3.20. The Morgan fingerprint density at radius 2 is 1.78 bits per heavy atom. The van der Waals surface area contributed by atoms with Crippen LogP contribution in [0.4, 0.5) is 5.69 Å². The van der Waals surface area contributed by atoms with Crippen LogP contribution in [-0.2, 0) is 4.79 Å². The summed E-state index contributed by atoms with van der Waals surface area (Å²) in [5.74, 6) is -1.11. The van der Waals surface area contributed by atoms with Crippen LogP contribution in [0, 0.1) is 10.1 Å². The summed E-state index contributed by atoms with van der Waals surface area (Å²) in [6.07, 6.45) is 2.28. The molecule has 1 unspecified atom stereocenters. The summed E-state index contributed by atoms with van der Waals surface area (Å²) in [5, 5.41) is 30.0. The van der Waals surface area contributed by atoms with Crippen molar-refractivity contribution in [2.45, 2.75) is 45.4 Å². The van der Waals surface area contributed by atoms with Crippen LogP contribution in [0.2, 0.25) is 0 Å². The third kappa shape index (κ3) is 6.01. The number of non-ortho nitro benzene ring substituents is 1. The zero-order chi connectivity index (χ0) is 23.7. The number of para-hydroxylation sites is 1. The van der Waals surface area contributed by atoms with Crippen molar-refractivity contribution in [3.05, 3.63) is 80.2 Å². The summed E-state index contributed by atoms with van der Waals surface area (Å²) < 4.78 is 5.32. The first-order chi connectivity index (χ1) is 15.3. The fraction of sp³-hybridized carbons (Fsp3) is 0.333. The number of hydrogen-bond donors (Lipinski definition) is 2. The van der Waals surface area contributed by atoms with Gasteiger partial charge in [0.25, 0.3) is 5.69 Å². The van der Waals surface area contributed by atoms with Crippen molar-refractivity contribution in [3.63, 3.8) is 0 Å². The molecule has 0 spiro atoms. The van der Waals surface area contributed by atoms with E-state index in [0.717, 1.165) is 12.8 Å². The van der Waals surface area contributed by atoms with E-state index in [1.165, 1.54) is 24.3 Å². The lowest BCUT2D eigenvalue weighted by atomic mass is 9.86. The number of ketones is 1. The summed E-state index contributed by atoms with van der Waals surface area (Å²) in [6, 6.07) is 12.1. The highest BCUT2D eigenvalue weighted by Crippen LogP contribution is 2.36. The Hall–Kier alpha value is -3.52. The first-order valence-electron chi connectivity index (χ1n) is 10.5. The summed E-state index contributed by atoms with van der Waals surface area (Å²) in [4.78, 5) is 35.0. The van der Waals surface area contributed by atoms with Crippen LogP contribution in [0.25, 0.3) is 11.0 Å². The third-order valence-corrected chi connectivity index (χ3v) is 5.01. The lowest BCUT2D eigenvalue weighted by Crippen LogP contribution is -2.17. The Morgan fingerprint density at radius 1 is 1.12 bits per heavy atom. The molecule has 1 aromatic heterocycles. The molecule has 3 aromatic rings. The molecule has 170 valence electrons. The number of aliphatic hydroxyl groups excluding tert-OH is 1. The van der Waals surface area contributed by atoms with Gasteiger partial charge in [-0.05, 0) is 24.1 Å². The van der Waals surface area contributed by atoms with Crippen LogP contribution in [0.3, 0.4) is 0 Å². The van der Waals surface area contributed by atoms with Crippen molar-refractivity contribution < 1.29 is 24.3 Å². The van der Waals surface area contributed by atoms with Gasteiger partial charge in [0, 0.05) is 37.5 Å². The molecule has 8 heteroatoms. The normalized spacial score (nSPS) is 11.5. The van der Waals surface area contributed by atoms with Gasteiger partial charge in [-0.1, -0.05) is 44.5 Å². The van der Waals surface area contributed by atoms with Crippen LogP contribution in [0.5, 0.6) is 5.75 Å². The minimum absolute atomic E-state index is 0.0228. The van der Waals surface area contributed by atoms with Gasteiger partial charge in [-0.15, -0.1) is 0 Å². The number of nitro groups is 1. The third-order valence-electron chi connectivity index (χ3n) is 5.01. The molecular weight excluding hydrogens is 414 g/mol. The molecule has 32 heavy (non-hydrogen) atoms. The zero-order valence-corrected chi connectivity index (χ0v) is 18.1. The summed E-state index contributed by atoms with van der Waals surface area (Å²) in [6.45, 7) is 4.10. The van der Waals surface area contributed by atoms with Crippen LogP contribution >= 0.6 is 0 Å². The number of carbonyl (C=O) groups excluding carboxylic acids is 1. The van der Waals surface area contributed by atoms with Gasteiger partial charge < -0.3 is 14.6 Å². The highest BCUT2D eigenvalue weighted by molar-refractivity contribution is 5.85. The predicted octanol–water partition coefficient (Wildman–Crippen LogP) is 4.69. The Morgan fingerprint density at radius 3 is 2.31 bits per heavy atom. The average Bonchev–Trinajstić information content (AvgIpc) is 2.79. The maximum atomic E-state index is 12.6. The Kier molecular flexibility index (Phi) is 9.09. The number of Topliss-reactive ketones (excluding diaryl/α,β-unsaturated/α-hetero) is 1. The topological polar surface area (TPSA) is 131 Å². The molecule has 0 aliphatic carbocycles. The maximum Gasteiger partial charge on any atom is 0.343 e. The van der Waals surface area contributed by atoms with E-state index in [2.05, 4.69) is 6.92 Å². The first-order valence-corrected chi connectivity index (χ1v) is 10.5. The molecule has 0 fully saturated rings. The van der Waals surface area contributed by atoms with E-state index in [4.69, 9.17) is 9.52 Å². The van der Waals surface area contributed by atoms with E-state index in [1.54, 1.807) is 31.2 Å². The average molecular weight is 441 g/mol. The van der Waals surface area contributed by atoms with Crippen molar-refractivity contribution in [3.8, 4) is 5.75 Å². The number of unbranched alkanes of at least 4 members (excludes halogenated alkanes) is 1. The number of nitro benzene ring substituents is 1. The summed E-state index contributed by atoms with van der Waals surface area (Å²) >= 11 is 0. The Bertz CT molecular complexity index is 1120. The van der Waals surface area contributed by atoms with Crippen molar-refractivity contribution in [2.75, 3.05) is 6.61 Å². The van der Waals surface area contributed by atoms with Gasteiger partial charge in [-0.25, -0.2) is 4.79 Å². The van der Waals surface area contributed by atoms with E-state index < -0.39 is 16.5 Å². The number of fused-ring (bicyclic) bond motifs is 1. The lowest BCUT2D eigenvalue weighted by molar-refractivity contribution is -0.384. The van der Waals surface area contributed by atoms with E-state index in [-0.39, 0.29) is 41.2 Å². The molecule has 3 rings (SSSR count). The number of hydrogen-bond acceptors (Lipinski definition) is 7. The van der Waals surface area contributed by atoms with Crippen LogP contribution in [-0.4, -0.2) is 27.5 Å². The first kappa shape index (κ1) is 24.7. The second kappa shape index (κ2) is 11.8. The minimum atomic E-state index is -0.765. The standard InChI is InChI=1S/C20H17NO6.C4H10O/c1-2-14(22)11-16(12-7-9-13(10-8-12)21(25)26)18-19(23)15-5-3-4-6-17(15)27-20(18)24;1-2-3-4-5/h3-10,16,23H,2,11H2,1H3;5H,2-4H2,1H3. The molecule has 0 aliphatic rings. The highest BCUT2D eigenvalue weighted by atomic mass is 16.6. The van der Waals surface area contributed by atoms with Crippen molar-refractivity contribution >= 4 is 22.4 Å². The van der Waals surface area contributed by atoms with Gasteiger partial charge >= 0.3 is 5.63 Å². The number of nitrogens with zero attached hydrogens (tertiary/aromatic N) is 1. The molecule has 0 aliphatic heterocycles. The SMILES string of the molecule is CCC(=O)CC(c1ccc([N+](=O)[O-])cc1)c1c(O)c2ccccc2oc1=O.CCCCO. The molecule has 8 nitrogen and oxygen atoms in total. The van der Waals surface area contributed by atoms with Crippen molar-refractivity contribution in [1.29, 1.82) is 0 Å². The molecular formula is C24H27NO7. The lowest BCUT2D eigenvalue weighted by Gasteiger charge is -2.17. The van der Waals surface area contributed by atoms with Crippen LogP contribution in [0.1, 0.15) is 56.6 Å². The molecule has 0 bridgehead atoms. The molecule has 0 saturated heterocycles. The minimum Gasteiger partial charge on any atom is -0.507 e. The largest absolute Gasteiger partial charge is 0.507 e.